The minimum absolute atomic E-state index is 0.396. The minimum atomic E-state index is -0.411. The van der Waals surface area contributed by atoms with Gasteiger partial charge in [0.05, 0.1) is 16.8 Å². The van der Waals surface area contributed by atoms with E-state index in [1.165, 1.54) is 0 Å². The van der Waals surface area contributed by atoms with Crippen LogP contribution in [-0.4, -0.2) is 16.8 Å². The summed E-state index contributed by atoms with van der Waals surface area (Å²) in [5.41, 5.74) is 8.15. The number of pyridine rings is 1. The van der Waals surface area contributed by atoms with Crippen molar-refractivity contribution in [1.82, 2.24) is 15.8 Å². The first-order valence-electron chi connectivity index (χ1n) is 8.93. The molecule has 0 spiro atoms. The number of benzene rings is 3. The van der Waals surface area contributed by atoms with Crippen molar-refractivity contribution in [2.24, 2.45) is 0 Å². The van der Waals surface area contributed by atoms with Crippen LogP contribution in [0.2, 0.25) is 0 Å². The van der Waals surface area contributed by atoms with Crippen LogP contribution in [0.25, 0.3) is 22.2 Å². The molecule has 4 rings (SSSR count). The second-order valence-electron chi connectivity index (χ2n) is 6.35. The van der Waals surface area contributed by atoms with Gasteiger partial charge in [0.25, 0.3) is 11.8 Å². The van der Waals surface area contributed by atoms with Crippen LogP contribution in [0.5, 0.6) is 0 Å². The third kappa shape index (κ3) is 4.17. The van der Waals surface area contributed by atoms with Gasteiger partial charge in [-0.15, -0.1) is 0 Å². The van der Waals surface area contributed by atoms with Crippen molar-refractivity contribution in [2.75, 3.05) is 0 Å². The van der Waals surface area contributed by atoms with Crippen molar-refractivity contribution in [1.29, 1.82) is 0 Å². The Balaban J connectivity index is 1.62. The summed E-state index contributed by atoms with van der Waals surface area (Å²) in [5.74, 6) is -0.807. The Kier molecular flexibility index (Phi) is 5.35. The Morgan fingerprint density at radius 1 is 0.759 bits per heavy atom. The maximum absolute atomic E-state index is 12.9. The summed E-state index contributed by atoms with van der Waals surface area (Å²) in [6.07, 6.45) is 0. The molecular weight excluding hydrogens is 430 g/mol. The van der Waals surface area contributed by atoms with Crippen LogP contribution < -0.4 is 10.9 Å². The number of hydrazine groups is 1. The van der Waals surface area contributed by atoms with E-state index in [1.807, 2.05) is 54.6 Å². The summed E-state index contributed by atoms with van der Waals surface area (Å²) in [4.78, 5) is 29.8. The highest BCUT2D eigenvalue weighted by Crippen LogP contribution is 2.24. The number of para-hydroxylation sites is 1. The van der Waals surface area contributed by atoms with E-state index in [1.54, 1.807) is 30.3 Å². The number of aromatic nitrogens is 1. The van der Waals surface area contributed by atoms with Gasteiger partial charge in [0.15, 0.2) is 0 Å². The first kappa shape index (κ1) is 18.8. The molecule has 3 aromatic carbocycles. The fourth-order valence-electron chi connectivity index (χ4n) is 2.97. The predicted octanol–water partition coefficient (Wildman–Crippen LogP) is 4.74. The van der Waals surface area contributed by atoms with E-state index >= 15 is 0 Å². The fraction of sp³-hybridized carbons (Fsp3) is 0. The van der Waals surface area contributed by atoms with Gasteiger partial charge in [-0.25, -0.2) is 4.98 Å². The molecule has 0 fully saturated rings. The quantitative estimate of drug-likeness (QED) is 0.447. The average molecular weight is 446 g/mol. The van der Waals surface area contributed by atoms with Gasteiger partial charge in [0.2, 0.25) is 0 Å². The van der Waals surface area contributed by atoms with E-state index < -0.39 is 11.8 Å². The number of hydrogen-bond donors (Lipinski definition) is 2. The number of rotatable bonds is 3. The number of carbonyl (C=O) groups is 2. The number of carbonyl (C=O) groups excluding carboxylic acids is 2. The standard InChI is InChI=1S/C23H16BrN3O2/c24-17-12-10-16(11-13-17)22(28)26-27-23(29)19-14-21(15-6-2-1-3-7-15)25-20-9-5-4-8-18(19)20/h1-14H,(H,26,28)(H,27,29). The molecule has 0 aliphatic heterocycles. The molecule has 2 amide bonds. The molecular formula is C23H16BrN3O2. The van der Waals surface area contributed by atoms with Gasteiger partial charge in [-0.2, -0.15) is 0 Å². The van der Waals surface area contributed by atoms with Crippen molar-refractivity contribution >= 4 is 38.6 Å². The molecule has 4 aromatic rings. The van der Waals surface area contributed by atoms with Gasteiger partial charge in [-0.05, 0) is 36.4 Å². The number of nitrogens with one attached hydrogen (secondary N) is 2. The molecule has 142 valence electrons. The zero-order chi connectivity index (χ0) is 20.2. The first-order valence-corrected chi connectivity index (χ1v) is 9.72. The highest BCUT2D eigenvalue weighted by atomic mass is 79.9. The van der Waals surface area contributed by atoms with Gasteiger partial charge in [0, 0.05) is 21.0 Å². The highest BCUT2D eigenvalue weighted by molar-refractivity contribution is 9.10. The highest BCUT2D eigenvalue weighted by Gasteiger charge is 2.15. The average Bonchev–Trinajstić information content (AvgIpc) is 2.77. The van der Waals surface area contributed by atoms with Crippen LogP contribution in [0.1, 0.15) is 20.7 Å². The van der Waals surface area contributed by atoms with Crippen LogP contribution in [0.15, 0.2) is 89.4 Å². The lowest BCUT2D eigenvalue weighted by molar-refractivity contribution is 0.0847. The molecule has 1 heterocycles. The summed E-state index contributed by atoms with van der Waals surface area (Å²) in [6.45, 7) is 0. The predicted molar refractivity (Wildman–Crippen MR) is 116 cm³/mol. The molecule has 0 unspecified atom stereocenters. The van der Waals surface area contributed by atoms with Gasteiger partial charge in [0.1, 0.15) is 0 Å². The zero-order valence-corrected chi connectivity index (χ0v) is 16.8. The van der Waals surface area contributed by atoms with Crippen molar-refractivity contribution in [3.63, 3.8) is 0 Å². The monoisotopic (exact) mass is 445 g/mol. The molecule has 5 nitrogen and oxygen atoms in total. The third-order valence-electron chi connectivity index (χ3n) is 4.43. The zero-order valence-electron chi connectivity index (χ0n) is 15.2. The van der Waals surface area contributed by atoms with Crippen molar-refractivity contribution in [2.45, 2.75) is 0 Å². The summed E-state index contributed by atoms with van der Waals surface area (Å²) < 4.78 is 0.870. The van der Waals surface area contributed by atoms with Crippen molar-refractivity contribution < 1.29 is 9.59 Å². The van der Waals surface area contributed by atoms with Crippen LogP contribution in [0, 0.1) is 0 Å². The second kappa shape index (κ2) is 8.24. The lowest BCUT2D eigenvalue weighted by Gasteiger charge is -2.11. The van der Waals surface area contributed by atoms with Crippen molar-refractivity contribution in [3.8, 4) is 11.3 Å². The van der Waals surface area contributed by atoms with Gasteiger partial charge < -0.3 is 0 Å². The molecule has 0 aliphatic rings. The molecule has 29 heavy (non-hydrogen) atoms. The molecule has 0 radical (unpaired) electrons. The molecule has 0 saturated heterocycles. The van der Waals surface area contributed by atoms with E-state index in [0.29, 0.717) is 27.7 Å². The molecule has 1 aromatic heterocycles. The van der Waals surface area contributed by atoms with Gasteiger partial charge in [-0.1, -0.05) is 64.5 Å². The van der Waals surface area contributed by atoms with Crippen LogP contribution in [-0.2, 0) is 0 Å². The lowest BCUT2D eigenvalue weighted by atomic mass is 10.0. The Labute approximate surface area is 175 Å². The third-order valence-corrected chi connectivity index (χ3v) is 4.95. The van der Waals surface area contributed by atoms with Crippen LogP contribution in [0.4, 0.5) is 0 Å². The largest absolute Gasteiger partial charge is 0.270 e. The number of hydrogen-bond acceptors (Lipinski definition) is 3. The Hall–Kier alpha value is -3.51. The summed E-state index contributed by atoms with van der Waals surface area (Å²) in [6, 6.07) is 25.7. The Morgan fingerprint density at radius 2 is 1.41 bits per heavy atom. The van der Waals surface area contributed by atoms with E-state index in [9.17, 15) is 9.59 Å². The first-order chi connectivity index (χ1) is 14.1. The molecule has 0 bridgehead atoms. The van der Waals surface area contributed by atoms with E-state index in [2.05, 4.69) is 31.8 Å². The summed E-state index contributed by atoms with van der Waals surface area (Å²) in [7, 11) is 0. The maximum atomic E-state index is 12.9. The minimum Gasteiger partial charge on any atom is -0.267 e. The number of amides is 2. The number of fused-ring (bicyclic) bond motifs is 1. The Bertz CT molecular complexity index is 1190. The lowest BCUT2D eigenvalue weighted by Crippen LogP contribution is -2.41. The molecule has 0 aliphatic carbocycles. The molecule has 0 atom stereocenters. The number of halogens is 1. The topological polar surface area (TPSA) is 71.1 Å². The Morgan fingerprint density at radius 3 is 2.17 bits per heavy atom. The maximum Gasteiger partial charge on any atom is 0.270 e. The van der Waals surface area contributed by atoms with E-state index in [4.69, 9.17) is 0 Å². The van der Waals surface area contributed by atoms with Crippen LogP contribution >= 0.6 is 15.9 Å². The normalized spacial score (nSPS) is 10.5. The molecule has 2 N–H and O–H groups in total. The van der Waals surface area contributed by atoms with Gasteiger partial charge >= 0.3 is 0 Å². The smallest absolute Gasteiger partial charge is 0.267 e. The van der Waals surface area contributed by atoms with Crippen LogP contribution in [0.3, 0.4) is 0 Å². The van der Waals surface area contributed by atoms with Gasteiger partial charge in [-0.3, -0.25) is 20.4 Å². The molecule has 0 saturated carbocycles. The fourth-order valence-corrected chi connectivity index (χ4v) is 3.24. The van der Waals surface area contributed by atoms with E-state index in [-0.39, 0.29) is 0 Å². The summed E-state index contributed by atoms with van der Waals surface area (Å²) in [5, 5.41) is 0.711. The summed E-state index contributed by atoms with van der Waals surface area (Å²) >= 11 is 3.33. The number of nitrogens with zero attached hydrogens (tertiary/aromatic N) is 1. The van der Waals surface area contributed by atoms with E-state index in [0.717, 1.165) is 10.0 Å². The SMILES string of the molecule is O=C(NNC(=O)c1cc(-c2ccccc2)nc2ccccc12)c1ccc(Br)cc1. The second-order valence-corrected chi connectivity index (χ2v) is 7.27. The van der Waals surface area contributed by atoms with Crippen molar-refractivity contribution in [3.05, 3.63) is 101 Å². The molecule has 6 heteroatoms.